The molecule has 2 aromatic carbocycles. The topological polar surface area (TPSA) is 95.6 Å². The Bertz CT molecular complexity index is 1150. The highest BCUT2D eigenvalue weighted by Gasteiger charge is 2.30. The van der Waals surface area contributed by atoms with E-state index in [-0.39, 0.29) is 23.9 Å². The van der Waals surface area contributed by atoms with Gasteiger partial charge in [-0.15, -0.1) is 0 Å². The Balaban J connectivity index is 1.52. The molecule has 7 nitrogen and oxygen atoms in total. The maximum atomic E-state index is 12.8. The number of nitrogens with zero attached hydrogens (tertiary/aromatic N) is 1. The summed E-state index contributed by atoms with van der Waals surface area (Å²) >= 11 is 6.03. The van der Waals surface area contributed by atoms with Gasteiger partial charge in [0.2, 0.25) is 20.0 Å². The minimum atomic E-state index is -3.67. The molecule has 2 N–H and O–H groups in total. The minimum absolute atomic E-state index is 0.131. The van der Waals surface area contributed by atoms with Gasteiger partial charge in [0, 0.05) is 37.9 Å². The number of fused-ring (bicyclic) bond motifs is 1. The molecule has 0 aliphatic heterocycles. The first-order chi connectivity index (χ1) is 15.0. The van der Waals surface area contributed by atoms with Gasteiger partial charge >= 0.3 is 0 Å². The summed E-state index contributed by atoms with van der Waals surface area (Å²) in [6.07, 6.45) is 1.65. The molecule has 0 radical (unpaired) electrons. The number of hydrogen-bond donors (Lipinski definition) is 2. The molecule has 0 fully saturated rings. The molecule has 3 rings (SSSR count). The maximum Gasteiger partial charge on any atom is 0.240 e. The number of hydrogen-bond acceptors (Lipinski definition) is 5. The Labute approximate surface area is 196 Å². The molecule has 0 saturated carbocycles. The van der Waals surface area contributed by atoms with Crippen molar-refractivity contribution in [2.24, 2.45) is 5.92 Å². The van der Waals surface area contributed by atoms with Gasteiger partial charge in [0.25, 0.3) is 0 Å². The van der Waals surface area contributed by atoms with E-state index >= 15 is 0 Å². The first-order valence-corrected chi connectivity index (χ1v) is 13.9. The molecule has 0 amide bonds. The van der Waals surface area contributed by atoms with Crippen LogP contribution in [0.4, 0.5) is 5.69 Å². The van der Waals surface area contributed by atoms with Crippen molar-refractivity contribution >= 4 is 37.3 Å². The minimum Gasteiger partial charge on any atom is -0.378 e. The predicted octanol–water partition coefficient (Wildman–Crippen LogP) is 2.80. The van der Waals surface area contributed by atoms with E-state index in [0.29, 0.717) is 24.3 Å². The summed E-state index contributed by atoms with van der Waals surface area (Å²) in [5, 5.41) is 0.156. The number of aryl methyl sites for hydroxylation is 1. The van der Waals surface area contributed by atoms with Gasteiger partial charge in [0.1, 0.15) is 0 Å². The van der Waals surface area contributed by atoms with Crippen LogP contribution in [0.2, 0.25) is 5.02 Å². The standard InChI is InChI=1S/C22H30ClN3O4S2/c1-16(14-24-31(27,28)21-10-7-20(8-11-21)26(2)3)15-25-32(29,30)22-9-5-17-12-19(23)6-4-18(17)13-22/h4,6-8,10-12,16,22,24-25H,5,9,13-15H2,1-3H3. The number of halogens is 1. The van der Waals surface area contributed by atoms with Crippen LogP contribution in [0.5, 0.6) is 0 Å². The predicted molar refractivity (Wildman–Crippen MR) is 129 cm³/mol. The molecule has 0 spiro atoms. The largest absolute Gasteiger partial charge is 0.378 e. The van der Waals surface area contributed by atoms with E-state index in [0.717, 1.165) is 16.8 Å². The summed E-state index contributed by atoms with van der Waals surface area (Å²) < 4.78 is 55.9. The fourth-order valence-corrected chi connectivity index (χ4v) is 6.60. The van der Waals surface area contributed by atoms with Crippen molar-refractivity contribution in [3.05, 3.63) is 58.6 Å². The van der Waals surface area contributed by atoms with Gasteiger partial charge in [-0.2, -0.15) is 0 Å². The summed E-state index contributed by atoms with van der Waals surface area (Å²) in [5.41, 5.74) is 3.02. The molecular formula is C22H30ClN3O4S2. The lowest BCUT2D eigenvalue weighted by Gasteiger charge is -2.25. The van der Waals surface area contributed by atoms with Crippen LogP contribution >= 0.6 is 11.6 Å². The van der Waals surface area contributed by atoms with Gasteiger partial charge in [0.05, 0.1) is 10.1 Å². The van der Waals surface area contributed by atoms with Crippen molar-refractivity contribution in [3.63, 3.8) is 0 Å². The van der Waals surface area contributed by atoms with Crippen LogP contribution in [0, 0.1) is 5.92 Å². The molecule has 10 heteroatoms. The fourth-order valence-electron chi connectivity index (χ4n) is 3.66. The third-order valence-corrected chi connectivity index (χ3v) is 9.23. The lowest BCUT2D eigenvalue weighted by atomic mass is 9.91. The van der Waals surface area contributed by atoms with Gasteiger partial charge in [-0.3, -0.25) is 0 Å². The van der Waals surface area contributed by atoms with Gasteiger partial charge < -0.3 is 4.90 Å². The summed E-state index contributed by atoms with van der Waals surface area (Å²) in [4.78, 5) is 2.06. The van der Waals surface area contributed by atoms with Crippen molar-refractivity contribution in [2.75, 3.05) is 32.1 Å². The van der Waals surface area contributed by atoms with E-state index < -0.39 is 25.3 Å². The van der Waals surface area contributed by atoms with Crippen LogP contribution in [-0.4, -0.2) is 49.3 Å². The van der Waals surface area contributed by atoms with Crippen LogP contribution in [0.1, 0.15) is 24.5 Å². The van der Waals surface area contributed by atoms with Gasteiger partial charge in [-0.05, 0) is 72.7 Å². The molecule has 2 unspecified atom stereocenters. The van der Waals surface area contributed by atoms with Crippen molar-refractivity contribution in [1.82, 2.24) is 9.44 Å². The Kier molecular flexibility index (Phi) is 7.88. The van der Waals surface area contributed by atoms with Gasteiger partial charge in [0.15, 0.2) is 0 Å². The first kappa shape index (κ1) is 25.0. The van der Waals surface area contributed by atoms with E-state index in [4.69, 9.17) is 11.6 Å². The summed E-state index contributed by atoms with van der Waals surface area (Å²) in [5.74, 6) is -0.213. The lowest BCUT2D eigenvalue weighted by molar-refractivity contribution is 0.510. The number of benzene rings is 2. The maximum absolute atomic E-state index is 12.8. The quantitative estimate of drug-likeness (QED) is 0.553. The average molecular weight is 500 g/mol. The highest BCUT2D eigenvalue weighted by Crippen LogP contribution is 2.27. The third kappa shape index (κ3) is 6.23. The van der Waals surface area contributed by atoms with E-state index in [9.17, 15) is 16.8 Å². The van der Waals surface area contributed by atoms with E-state index in [2.05, 4.69) is 9.44 Å². The molecule has 0 saturated heterocycles. The number of nitrogens with one attached hydrogen (secondary N) is 2. The van der Waals surface area contributed by atoms with Crippen LogP contribution in [0.25, 0.3) is 0 Å². The molecule has 2 atom stereocenters. The van der Waals surface area contributed by atoms with Crippen LogP contribution < -0.4 is 14.3 Å². The summed E-state index contributed by atoms with van der Waals surface area (Å²) in [7, 11) is -3.42. The van der Waals surface area contributed by atoms with Crippen molar-refractivity contribution in [1.29, 1.82) is 0 Å². The summed E-state index contributed by atoms with van der Waals surface area (Å²) in [6, 6.07) is 12.2. The summed E-state index contributed by atoms with van der Waals surface area (Å²) in [6.45, 7) is 2.10. The highest BCUT2D eigenvalue weighted by atomic mass is 35.5. The molecule has 176 valence electrons. The Morgan fingerprint density at radius 2 is 1.66 bits per heavy atom. The Hall–Kier alpha value is -1.65. The normalized spacial score (nSPS) is 17.6. The highest BCUT2D eigenvalue weighted by molar-refractivity contribution is 7.90. The van der Waals surface area contributed by atoms with Crippen LogP contribution in [0.15, 0.2) is 47.4 Å². The van der Waals surface area contributed by atoms with E-state index in [1.54, 1.807) is 37.3 Å². The van der Waals surface area contributed by atoms with Crippen molar-refractivity contribution < 1.29 is 16.8 Å². The zero-order valence-electron chi connectivity index (χ0n) is 18.5. The zero-order valence-corrected chi connectivity index (χ0v) is 20.9. The smallest absolute Gasteiger partial charge is 0.240 e. The molecular weight excluding hydrogens is 470 g/mol. The second-order valence-electron chi connectivity index (χ2n) is 8.52. The number of sulfonamides is 2. The van der Waals surface area contributed by atoms with E-state index in [1.165, 1.54) is 0 Å². The van der Waals surface area contributed by atoms with Crippen molar-refractivity contribution in [2.45, 2.75) is 36.3 Å². The number of rotatable bonds is 9. The monoisotopic (exact) mass is 499 g/mol. The number of anilines is 1. The molecule has 32 heavy (non-hydrogen) atoms. The van der Waals surface area contributed by atoms with Gasteiger partial charge in [-0.25, -0.2) is 26.3 Å². The SMILES string of the molecule is CC(CNS(=O)(=O)c1ccc(N(C)C)cc1)CNS(=O)(=O)C1CCc2cc(Cl)ccc2C1. The molecule has 0 bridgehead atoms. The molecule has 0 aromatic heterocycles. The van der Waals surface area contributed by atoms with E-state index in [1.807, 2.05) is 31.1 Å². The van der Waals surface area contributed by atoms with Gasteiger partial charge in [-0.1, -0.05) is 24.6 Å². The molecule has 1 aliphatic rings. The first-order valence-electron chi connectivity index (χ1n) is 10.5. The zero-order chi connectivity index (χ0) is 23.5. The Morgan fingerprint density at radius 1 is 1.00 bits per heavy atom. The second kappa shape index (κ2) is 10.1. The fraction of sp³-hybridized carbons (Fsp3) is 0.455. The molecule has 1 aliphatic carbocycles. The Morgan fingerprint density at radius 3 is 2.31 bits per heavy atom. The average Bonchev–Trinajstić information content (AvgIpc) is 2.76. The van der Waals surface area contributed by atoms with Crippen LogP contribution in [-0.2, 0) is 32.9 Å². The molecule has 0 heterocycles. The third-order valence-electron chi connectivity index (χ3n) is 5.71. The second-order valence-corrected chi connectivity index (χ2v) is 12.8. The van der Waals surface area contributed by atoms with Crippen LogP contribution in [0.3, 0.4) is 0 Å². The van der Waals surface area contributed by atoms with Crippen molar-refractivity contribution in [3.8, 4) is 0 Å². The molecule has 2 aromatic rings. The lowest BCUT2D eigenvalue weighted by Crippen LogP contribution is -2.41.